The molecule has 0 atom stereocenters. The SMILES string of the molecule is C=CCNC(=O)CCCCCN. The summed E-state index contributed by atoms with van der Waals surface area (Å²) in [7, 11) is 0. The molecule has 0 spiro atoms. The summed E-state index contributed by atoms with van der Waals surface area (Å²) < 4.78 is 0. The fraction of sp³-hybridized carbons (Fsp3) is 0.667. The minimum Gasteiger partial charge on any atom is -0.353 e. The predicted molar refractivity (Wildman–Crippen MR) is 50.7 cm³/mol. The van der Waals surface area contributed by atoms with Crippen LogP contribution in [-0.4, -0.2) is 19.0 Å². The molecule has 0 aromatic heterocycles. The molecule has 1 amide bonds. The summed E-state index contributed by atoms with van der Waals surface area (Å²) >= 11 is 0. The van der Waals surface area contributed by atoms with Crippen molar-refractivity contribution >= 4 is 5.91 Å². The minimum atomic E-state index is 0.104. The molecule has 70 valence electrons. The first-order valence-corrected chi connectivity index (χ1v) is 4.39. The third kappa shape index (κ3) is 7.28. The van der Waals surface area contributed by atoms with Crippen LogP contribution in [0.5, 0.6) is 0 Å². The van der Waals surface area contributed by atoms with Crippen LogP contribution in [0.15, 0.2) is 12.7 Å². The smallest absolute Gasteiger partial charge is 0.220 e. The molecule has 0 aliphatic carbocycles. The van der Waals surface area contributed by atoms with Gasteiger partial charge < -0.3 is 11.1 Å². The van der Waals surface area contributed by atoms with E-state index in [1.54, 1.807) is 6.08 Å². The molecule has 0 bridgehead atoms. The quantitative estimate of drug-likeness (QED) is 0.439. The molecule has 0 unspecified atom stereocenters. The summed E-state index contributed by atoms with van der Waals surface area (Å²) in [6.45, 7) is 4.79. The average molecular weight is 170 g/mol. The summed E-state index contributed by atoms with van der Waals surface area (Å²) in [5, 5.41) is 2.72. The molecule has 0 aromatic carbocycles. The maximum absolute atomic E-state index is 11.0. The maximum atomic E-state index is 11.0. The lowest BCUT2D eigenvalue weighted by molar-refractivity contribution is -0.121. The highest BCUT2D eigenvalue weighted by atomic mass is 16.1. The number of carbonyl (C=O) groups is 1. The Morgan fingerprint density at radius 1 is 1.42 bits per heavy atom. The Kier molecular flexibility index (Phi) is 7.70. The highest BCUT2D eigenvalue weighted by molar-refractivity contribution is 5.75. The molecule has 0 rings (SSSR count). The van der Waals surface area contributed by atoms with Gasteiger partial charge in [0.2, 0.25) is 5.91 Å². The summed E-state index contributed by atoms with van der Waals surface area (Å²) in [4.78, 5) is 11.0. The molecular weight excluding hydrogens is 152 g/mol. The van der Waals surface area contributed by atoms with Gasteiger partial charge in [-0.1, -0.05) is 12.5 Å². The topological polar surface area (TPSA) is 55.1 Å². The molecule has 0 aliphatic rings. The molecule has 0 fully saturated rings. The second-order valence-electron chi connectivity index (χ2n) is 2.69. The van der Waals surface area contributed by atoms with Crippen molar-refractivity contribution in [2.45, 2.75) is 25.7 Å². The molecule has 3 nitrogen and oxygen atoms in total. The van der Waals surface area contributed by atoms with E-state index in [2.05, 4.69) is 11.9 Å². The first-order chi connectivity index (χ1) is 5.81. The van der Waals surface area contributed by atoms with Crippen LogP contribution < -0.4 is 11.1 Å². The van der Waals surface area contributed by atoms with Crippen molar-refractivity contribution in [3.8, 4) is 0 Å². The lowest BCUT2D eigenvalue weighted by atomic mass is 10.2. The second kappa shape index (κ2) is 8.27. The number of nitrogens with one attached hydrogen (secondary N) is 1. The van der Waals surface area contributed by atoms with Gasteiger partial charge in [0.25, 0.3) is 0 Å². The lowest BCUT2D eigenvalue weighted by Crippen LogP contribution is -2.22. The van der Waals surface area contributed by atoms with Crippen LogP contribution in [0, 0.1) is 0 Å². The lowest BCUT2D eigenvalue weighted by Gasteiger charge is -2.00. The van der Waals surface area contributed by atoms with E-state index < -0.39 is 0 Å². The molecule has 0 radical (unpaired) electrons. The first kappa shape index (κ1) is 11.2. The van der Waals surface area contributed by atoms with Crippen molar-refractivity contribution in [1.29, 1.82) is 0 Å². The van der Waals surface area contributed by atoms with E-state index >= 15 is 0 Å². The van der Waals surface area contributed by atoms with Crippen molar-refractivity contribution in [1.82, 2.24) is 5.32 Å². The molecule has 0 saturated heterocycles. The number of hydrogen-bond acceptors (Lipinski definition) is 2. The van der Waals surface area contributed by atoms with Crippen molar-refractivity contribution in [3.05, 3.63) is 12.7 Å². The number of hydrogen-bond donors (Lipinski definition) is 2. The zero-order chi connectivity index (χ0) is 9.23. The highest BCUT2D eigenvalue weighted by Crippen LogP contribution is 1.97. The van der Waals surface area contributed by atoms with Crippen molar-refractivity contribution in [2.75, 3.05) is 13.1 Å². The van der Waals surface area contributed by atoms with E-state index in [4.69, 9.17) is 5.73 Å². The van der Waals surface area contributed by atoms with E-state index in [0.717, 1.165) is 19.3 Å². The Balaban J connectivity index is 3.13. The van der Waals surface area contributed by atoms with Crippen LogP contribution in [0.25, 0.3) is 0 Å². The molecule has 0 aromatic rings. The minimum absolute atomic E-state index is 0.104. The second-order valence-corrected chi connectivity index (χ2v) is 2.69. The molecule has 3 N–H and O–H groups in total. The largest absolute Gasteiger partial charge is 0.353 e. The van der Waals surface area contributed by atoms with Crippen molar-refractivity contribution in [2.24, 2.45) is 5.73 Å². The summed E-state index contributed by atoms with van der Waals surface area (Å²) in [5.74, 6) is 0.104. The third-order valence-electron chi connectivity index (χ3n) is 1.55. The fourth-order valence-electron chi connectivity index (χ4n) is 0.881. The van der Waals surface area contributed by atoms with Gasteiger partial charge >= 0.3 is 0 Å². The monoisotopic (exact) mass is 170 g/mol. The van der Waals surface area contributed by atoms with E-state index in [-0.39, 0.29) is 5.91 Å². The van der Waals surface area contributed by atoms with E-state index in [1.165, 1.54) is 0 Å². The Labute approximate surface area is 74.0 Å². The van der Waals surface area contributed by atoms with Gasteiger partial charge in [-0.05, 0) is 19.4 Å². The molecule has 0 saturated carbocycles. The predicted octanol–water partition coefficient (Wildman–Crippen LogP) is 0.808. The number of nitrogens with two attached hydrogens (primary N) is 1. The molecule has 0 heterocycles. The third-order valence-corrected chi connectivity index (χ3v) is 1.55. The summed E-state index contributed by atoms with van der Waals surface area (Å²) in [6, 6.07) is 0. The van der Waals surface area contributed by atoms with Gasteiger partial charge in [0.1, 0.15) is 0 Å². The van der Waals surface area contributed by atoms with E-state index in [0.29, 0.717) is 19.5 Å². The van der Waals surface area contributed by atoms with Gasteiger partial charge in [0.05, 0.1) is 0 Å². The normalized spacial score (nSPS) is 9.42. The van der Waals surface area contributed by atoms with Crippen molar-refractivity contribution < 1.29 is 4.79 Å². The average Bonchev–Trinajstić information content (AvgIpc) is 2.09. The van der Waals surface area contributed by atoms with Crippen LogP contribution in [0.4, 0.5) is 0 Å². The van der Waals surface area contributed by atoms with Gasteiger partial charge in [-0.15, -0.1) is 6.58 Å². The Morgan fingerprint density at radius 3 is 2.75 bits per heavy atom. The Morgan fingerprint density at radius 2 is 2.17 bits per heavy atom. The van der Waals surface area contributed by atoms with Crippen LogP contribution >= 0.6 is 0 Å². The number of rotatable bonds is 7. The Hall–Kier alpha value is -0.830. The van der Waals surface area contributed by atoms with Gasteiger partial charge in [-0.25, -0.2) is 0 Å². The van der Waals surface area contributed by atoms with E-state index in [9.17, 15) is 4.79 Å². The number of carbonyl (C=O) groups excluding carboxylic acids is 1. The molecule has 3 heteroatoms. The molecular formula is C9H18N2O. The van der Waals surface area contributed by atoms with Crippen LogP contribution in [0.1, 0.15) is 25.7 Å². The first-order valence-electron chi connectivity index (χ1n) is 4.39. The molecule has 0 aliphatic heterocycles. The van der Waals surface area contributed by atoms with Gasteiger partial charge in [-0.3, -0.25) is 4.79 Å². The Bertz CT molecular complexity index is 134. The highest BCUT2D eigenvalue weighted by Gasteiger charge is 1.97. The standard InChI is InChI=1S/C9H18N2O/c1-2-8-11-9(12)6-4-3-5-7-10/h2H,1,3-8,10H2,(H,11,12). The summed E-state index contributed by atoms with van der Waals surface area (Å²) in [5.41, 5.74) is 5.31. The fourth-order valence-corrected chi connectivity index (χ4v) is 0.881. The van der Waals surface area contributed by atoms with Crippen LogP contribution in [0.3, 0.4) is 0 Å². The zero-order valence-electron chi connectivity index (χ0n) is 7.51. The van der Waals surface area contributed by atoms with Crippen molar-refractivity contribution in [3.63, 3.8) is 0 Å². The number of amides is 1. The van der Waals surface area contributed by atoms with Gasteiger partial charge in [0.15, 0.2) is 0 Å². The van der Waals surface area contributed by atoms with Gasteiger partial charge in [-0.2, -0.15) is 0 Å². The van der Waals surface area contributed by atoms with Crippen LogP contribution in [-0.2, 0) is 4.79 Å². The zero-order valence-corrected chi connectivity index (χ0v) is 7.51. The molecule has 12 heavy (non-hydrogen) atoms. The van der Waals surface area contributed by atoms with Crippen LogP contribution in [0.2, 0.25) is 0 Å². The maximum Gasteiger partial charge on any atom is 0.220 e. The number of unbranched alkanes of at least 4 members (excludes halogenated alkanes) is 2. The summed E-state index contributed by atoms with van der Waals surface area (Å²) in [6.07, 6.45) is 5.26. The van der Waals surface area contributed by atoms with E-state index in [1.807, 2.05) is 0 Å². The van der Waals surface area contributed by atoms with Gasteiger partial charge in [0, 0.05) is 13.0 Å².